The van der Waals surface area contributed by atoms with Crippen LogP contribution in [0.1, 0.15) is 220 Å². The van der Waals surface area contributed by atoms with Crippen molar-refractivity contribution in [2.75, 3.05) is 13.2 Å². The summed E-state index contributed by atoms with van der Waals surface area (Å²) in [6, 6.07) is 0. The SMILES string of the molecule is CC/C=C\C/C=C\C/C=C\C/C=C\CCCCCCCCC(=O)OCC(COC(=O)CCCCCCC/C=C\C/C=C\CC)OC(=O)CCC/C=C\C/C=C\C/C=C\C/C=C\CCCCC. The van der Waals surface area contributed by atoms with Gasteiger partial charge < -0.3 is 14.2 Å². The molecule has 0 saturated carbocycles. The second kappa shape index (κ2) is 53.4. The van der Waals surface area contributed by atoms with Crippen LogP contribution in [0.5, 0.6) is 0 Å². The highest BCUT2D eigenvalue weighted by molar-refractivity contribution is 5.71. The first kappa shape index (κ1) is 61.8. The molecule has 0 spiro atoms. The average Bonchev–Trinajstić information content (AvgIpc) is 3.31. The molecule has 0 aliphatic heterocycles. The predicted octanol–water partition coefficient (Wildman–Crippen LogP) is 17.7. The van der Waals surface area contributed by atoms with Crippen LogP contribution in [-0.2, 0) is 28.6 Å². The van der Waals surface area contributed by atoms with Crippen LogP contribution < -0.4 is 0 Å². The Balaban J connectivity index is 4.51. The topological polar surface area (TPSA) is 78.9 Å². The van der Waals surface area contributed by atoms with Gasteiger partial charge in [-0.2, -0.15) is 0 Å². The van der Waals surface area contributed by atoms with Crippen LogP contribution in [0.4, 0.5) is 0 Å². The molecule has 0 aromatic rings. The van der Waals surface area contributed by atoms with Crippen molar-refractivity contribution in [3.63, 3.8) is 0 Å². The van der Waals surface area contributed by atoms with Crippen LogP contribution >= 0.6 is 0 Å². The monoisotopic (exact) mass is 913 g/mol. The Hall–Kier alpha value is -4.19. The third kappa shape index (κ3) is 50.8. The second-order valence-electron chi connectivity index (χ2n) is 17.0. The maximum absolute atomic E-state index is 12.8. The summed E-state index contributed by atoms with van der Waals surface area (Å²) in [7, 11) is 0. The molecule has 6 heteroatoms. The van der Waals surface area contributed by atoms with E-state index in [0.717, 1.165) is 135 Å². The third-order valence-corrected chi connectivity index (χ3v) is 10.7. The Bertz CT molecular complexity index is 1420. The van der Waals surface area contributed by atoms with Crippen molar-refractivity contribution in [2.45, 2.75) is 226 Å². The van der Waals surface area contributed by atoms with Crippen LogP contribution in [0.15, 0.2) is 122 Å². The van der Waals surface area contributed by atoms with Crippen molar-refractivity contribution in [3.8, 4) is 0 Å². The van der Waals surface area contributed by atoms with Crippen LogP contribution in [0.25, 0.3) is 0 Å². The Morgan fingerprint density at radius 1 is 0.318 bits per heavy atom. The molecule has 0 aliphatic carbocycles. The van der Waals surface area contributed by atoms with E-state index >= 15 is 0 Å². The molecule has 372 valence electrons. The normalized spacial score (nSPS) is 13.1. The fourth-order valence-electron chi connectivity index (χ4n) is 6.76. The van der Waals surface area contributed by atoms with Gasteiger partial charge in [0.2, 0.25) is 0 Å². The van der Waals surface area contributed by atoms with Crippen molar-refractivity contribution in [1.29, 1.82) is 0 Å². The summed E-state index contributed by atoms with van der Waals surface area (Å²) in [5, 5.41) is 0. The van der Waals surface area contributed by atoms with Crippen molar-refractivity contribution in [3.05, 3.63) is 122 Å². The fourth-order valence-corrected chi connectivity index (χ4v) is 6.76. The highest BCUT2D eigenvalue weighted by Crippen LogP contribution is 2.12. The van der Waals surface area contributed by atoms with Crippen molar-refractivity contribution < 1.29 is 28.6 Å². The Morgan fingerprint density at radius 3 is 0.970 bits per heavy atom. The highest BCUT2D eigenvalue weighted by atomic mass is 16.6. The zero-order valence-electron chi connectivity index (χ0n) is 42.4. The maximum atomic E-state index is 12.8. The van der Waals surface area contributed by atoms with Crippen LogP contribution in [0.3, 0.4) is 0 Å². The Kier molecular flexibility index (Phi) is 50.0. The molecule has 0 aliphatic rings. The number of carbonyl (C=O) groups is 3. The first-order chi connectivity index (χ1) is 32.5. The molecular weight excluding hydrogens is 817 g/mol. The number of carbonyl (C=O) groups excluding carboxylic acids is 3. The first-order valence-corrected chi connectivity index (χ1v) is 26.5. The molecule has 0 saturated heterocycles. The molecule has 0 rings (SSSR count). The number of allylic oxidation sites excluding steroid dienone is 20. The lowest BCUT2D eigenvalue weighted by molar-refractivity contribution is -0.167. The second-order valence-corrected chi connectivity index (χ2v) is 17.0. The van der Waals surface area contributed by atoms with Crippen molar-refractivity contribution in [2.24, 2.45) is 0 Å². The number of hydrogen-bond acceptors (Lipinski definition) is 6. The van der Waals surface area contributed by atoms with E-state index in [1.165, 1.54) is 38.5 Å². The molecule has 0 aromatic heterocycles. The summed E-state index contributed by atoms with van der Waals surface area (Å²) in [6.45, 7) is 6.30. The molecule has 0 radical (unpaired) electrons. The lowest BCUT2D eigenvalue weighted by atomic mass is 10.1. The lowest BCUT2D eigenvalue weighted by Crippen LogP contribution is -2.30. The zero-order valence-corrected chi connectivity index (χ0v) is 42.4. The quantitative estimate of drug-likeness (QED) is 0.0262. The molecule has 66 heavy (non-hydrogen) atoms. The van der Waals surface area contributed by atoms with Gasteiger partial charge in [-0.3, -0.25) is 14.4 Å². The molecule has 0 N–H and O–H groups in total. The highest BCUT2D eigenvalue weighted by Gasteiger charge is 2.19. The minimum Gasteiger partial charge on any atom is -0.462 e. The summed E-state index contributed by atoms with van der Waals surface area (Å²) < 4.78 is 16.7. The van der Waals surface area contributed by atoms with E-state index in [1.807, 2.05) is 0 Å². The maximum Gasteiger partial charge on any atom is 0.306 e. The van der Waals surface area contributed by atoms with Gasteiger partial charge in [0.15, 0.2) is 6.10 Å². The summed E-state index contributed by atoms with van der Waals surface area (Å²) in [5.41, 5.74) is 0. The molecule has 0 bridgehead atoms. The van der Waals surface area contributed by atoms with Gasteiger partial charge in [-0.25, -0.2) is 0 Å². The largest absolute Gasteiger partial charge is 0.462 e. The standard InChI is InChI=1S/C60H96O6/c1-4-7-10-13-16-19-22-25-27-29-30-32-33-35-38-41-44-47-50-53-59(62)65-56-57(55-64-58(61)52-49-46-43-40-37-24-21-18-15-12-9-6-3)66-60(63)54-51-48-45-42-39-36-34-31-28-26-23-20-17-14-11-8-5-2/h7,9-10,12,16-21,25-28,30,32,34,36,42,45,57H,4-6,8,11,13-15,22-24,29,31,33,35,37-41,43-44,46-56H2,1-3H3/b10-7-,12-9-,19-16-,20-17-,21-18-,27-25-,28-26-,32-30-,36-34-,45-42-. The van der Waals surface area contributed by atoms with E-state index in [9.17, 15) is 14.4 Å². The van der Waals surface area contributed by atoms with E-state index in [2.05, 4.69) is 142 Å². The fraction of sp³-hybridized carbons (Fsp3) is 0.617. The van der Waals surface area contributed by atoms with E-state index < -0.39 is 6.10 Å². The van der Waals surface area contributed by atoms with Gasteiger partial charge in [-0.05, 0) is 122 Å². The molecule has 1 unspecified atom stereocenters. The van der Waals surface area contributed by atoms with Crippen molar-refractivity contribution in [1.82, 2.24) is 0 Å². The summed E-state index contributed by atoms with van der Waals surface area (Å²) >= 11 is 0. The summed E-state index contributed by atoms with van der Waals surface area (Å²) in [6.07, 6.45) is 73.3. The van der Waals surface area contributed by atoms with Gasteiger partial charge in [-0.15, -0.1) is 0 Å². The molecule has 0 fully saturated rings. The van der Waals surface area contributed by atoms with E-state index in [-0.39, 0.29) is 37.5 Å². The molecular formula is C60H96O6. The van der Waals surface area contributed by atoms with Crippen LogP contribution in [0, 0.1) is 0 Å². The Morgan fingerprint density at radius 2 is 0.606 bits per heavy atom. The van der Waals surface area contributed by atoms with Gasteiger partial charge in [0, 0.05) is 19.3 Å². The lowest BCUT2D eigenvalue weighted by Gasteiger charge is -2.18. The predicted molar refractivity (Wildman–Crippen MR) is 283 cm³/mol. The van der Waals surface area contributed by atoms with E-state index in [1.54, 1.807) is 0 Å². The number of rotatable bonds is 46. The number of ether oxygens (including phenoxy) is 3. The molecule has 1 atom stereocenters. The Labute approximate surface area is 405 Å². The van der Waals surface area contributed by atoms with E-state index in [0.29, 0.717) is 19.3 Å². The number of hydrogen-bond donors (Lipinski definition) is 0. The minimum atomic E-state index is -0.822. The van der Waals surface area contributed by atoms with Gasteiger partial charge in [0.25, 0.3) is 0 Å². The molecule has 0 amide bonds. The van der Waals surface area contributed by atoms with Gasteiger partial charge in [0.1, 0.15) is 13.2 Å². The van der Waals surface area contributed by atoms with E-state index in [4.69, 9.17) is 14.2 Å². The smallest absolute Gasteiger partial charge is 0.306 e. The zero-order chi connectivity index (χ0) is 47.9. The number of unbranched alkanes of at least 4 members (excludes halogenated alkanes) is 15. The minimum absolute atomic E-state index is 0.115. The molecule has 0 heterocycles. The first-order valence-electron chi connectivity index (χ1n) is 26.5. The van der Waals surface area contributed by atoms with Gasteiger partial charge in [0.05, 0.1) is 0 Å². The molecule has 6 nitrogen and oxygen atoms in total. The van der Waals surface area contributed by atoms with Gasteiger partial charge >= 0.3 is 17.9 Å². The average molecular weight is 913 g/mol. The van der Waals surface area contributed by atoms with Crippen LogP contribution in [0.2, 0.25) is 0 Å². The third-order valence-electron chi connectivity index (χ3n) is 10.7. The van der Waals surface area contributed by atoms with Gasteiger partial charge in [-0.1, -0.05) is 200 Å². The summed E-state index contributed by atoms with van der Waals surface area (Å²) in [4.78, 5) is 38.0. The number of esters is 3. The summed E-state index contributed by atoms with van der Waals surface area (Å²) in [5.74, 6) is -1.01. The molecule has 0 aromatic carbocycles. The van der Waals surface area contributed by atoms with Crippen LogP contribution in [-0.4, -0.2) is 37.2 Å². The van der Waals surface area contributed by atoms with Crippen molar-refractivity contribution >= 4 is 17.9 Å².